The summed E-state index contributed by atoms with van der Waals surface area (Å²) >= 11 is 3.37. The summed E-state index contributed by atoms with van der Waals surface area (Å²) < 4.78 is 5.40. The van der Waals surface area contributed by atoms with Crippen molar-refractivity contribution >= 4 is 28.5 Å². The quantitative estimate of drug-likeness (QED) is 0.615. The molecule has 0 bridgehead atoms. The van der Waals surface area contributed by atoms with Gasteiger partial charge in [0.15, 0.2) is 0 Å². The highest BCUT2D eigenvalue weighted by atomic mass is 79.9. The van der Waals surface area contributed by atoms with Gasteiger partial charge in [0.05, 0.1) is 6.61 Å². The molecule has 0 fully saturated rings. The Hall–Kier alpha value is -0.355. The molecular weight excluding hydrogens is 283 g/mol. The number of alkyl halides is 1. The van der Waals surface area contributed by atoms with Gasteiger partial charge < -0.3 is 14.8 Å². The Morgan fingerprint density at radius 3 is 2.59 bits per heavy atom. The SMILES string of the molecule is CC(C)(CO)COB(O)c1ccccc1CBr. The monoisotopic (exact) mass is 300 g/mol. The lowest BCUT2D eigenvalue weighted by atomic mass is 9.76. The first-order valence-electron chi connectivity index (χ1n) is 5.54. The van der Waals surface area contributed by atoms with Gasteiger partial charge in [-0.15, -0.1) is 0 Å². The molecule has 0 radical (unpaired) electrons. The Morgan fingerprint density at radius 1 is 1.35 bits per heavy atom. The number of aliphatic hydroxyl groups excluding tert-OH is 1. The molecule has 1 rings (SSSR count). The van der Waals surface area contributed by atoms with E-state index in [9.17, 15) is 5.02 Å². The summed E-state index contributed by atoms with van der Waals surface area (Å²) in [6.45, 7) is 4.10. The van der Waals surface area contributed by atoms with Crippen molar-refractivity contribution < 1.29 is 14.8 Å². The van der Waals surface area contributed by atoms with Crippen LogP contribution in [0.15, 0.2) is 24.3 Å². The molecule has 0 amide bonds. The van der Waals surface area contributed by atoms with Gasteiger partial charge in [-0.3, -0.25) is 0 Å². The summed E-state index contributed by atoms with van der Waals surface area (Å²) in [6.07, 6.45) is 0. The number of benzene rings is 1. The molecular formula is C12H18BBrO3. The summed E-state index contributed by atoms with van der Waals surface area (Å²) in [6, 6.07) is 7.57. The van der Waals surface area contributed by atoms with Gasteiger partial charge >= 0.3 is 7.12 Å². The Balaban J connectivity index is 2.67. The Bertz CT molecular complexity index is 357. The Labute approximate surface area is 111 Å². The molecule has 0 spiro atoms. The van der Waals surface area contributed by atoms with Crippen LogP contribution >= 0.6 is 15.9 Å². The smallest absolute Gasteiger partial charge is 0.423 e. The topological polar surface area (TPSA) is 49.7 Å². The van der Waals surface area contributed by atoms with Crippen LogP contribution in [0.1, 0.15) is 19.4 Å². The van der Waals surface area contributed by atoms with E-state index in [0.717, 1.165) is 11.0 Å². The van der Waals surface area contributed by atoms with E-state index in [4.69, 9.17) is 9.76 Å². The molecule has 3 nitrogen and oxygen atoms in total. The van der Waals surface area contributed by atoms with Crippen molar-refractivity contribution in [1.29, 1.82) is 0 Å². The van der Waals surface area contributed by atoms with Crippen molar-refractivity contribution in [2.24, 2.45) is 5.41 Å². The molecule has 17 heavy (non-hydrogen) atoms. The van der Waals surface area contributed by atoms with Crippen LogP contribution in [0.5, 0.6) is 0 Å². The van der Waals surface area contributed by atoms with Crippen LogP contribution in [0.2, 0.25) is 0 Å². The van der Waals surface area contributed by atoms with E-state index in [-0.39, 0.29) is 12.0 Å². The largest absolute Gasteiger partial charge is 0.491 e. The summed E-state index contributed by atoms with van der Waals surface area (Å²) in [7, 11) is -0.949. The van der Waals surface area contributed by atoms with Crippen molar-refractivity contribution in [3.8, 4) is 0 Å². The molecule has 0 aliphatic carbocycles. The second kappa shape index (κ2) is 6.54. The number of rotatable bonds is 6. The fourth-order valence-corrected chi connectivity index (χ4v) is 1.85. The van der Waals surface area contributed by atoms with Gasteiger partial charge in [-0.2, -0.15) is 0 Å². The van der Waals surface area contributed by atoms with E-state index in [1.165, 1.54) is 0 Å². The van der Waals surface area contributed by atoms with Crippen LogP contribution in [0.25, 0.3) is 0 Å². The maximum atomic E-state index is 9.97. The van der Waals surface area contributed by atoms with Crippen molar-refractivity contribution in [3.63, 3.8) is 0 Å². The molecule has 0 aliphatic heterocycles. The zero-order valence-corrected chi connectivity index (χ0v) is 11.8. The highest BCUT2D eigenvalue weighted by Gasteiger charge is 2.24. The second-order valence-corrected chi connectivity index (χ2v) is 5.38. The first-order valence-corrected chi connectivity index (χ1v) is 6.66. The predicted octanol–water partition coefficient (Wildman–Crippen LogP) is 1.30. The molecule has 1 aromatic rings. The lowest BCUT2D eigenvalue weighted by Gasteiger charge is -2.23. The van der Waals surface area contributed by atoms with Crippen LogP contribution < -0.4 is 5.46 Å². The minimum absolute atomic E-state index is 0.0276. The number of hydrogen-bond donors (Lipinski definition) is 2. The van der Waals surface area contributed by atoms with E-state index in [0.29, 0.717) is 11.9 Å². The van der Waals surface area contributed by atoms with Gasteiger partial charge in [-0.05, 0) is 11.0 Å². The van der Waals surface area contributed by atoms with Gasteiger partial charge in [-0.1, -0.05) is 54.0 Å². The second-order valence-electron chi connectivity index (χ2n) is 4.82. The minimum Gasteiger partial charge on any atom is -0.423 e. The summed E-state index contributed by atoms with van der Waals surface area (Å²) in [5.41, 5.74) is 1.42. The molecule has 0 aromatic heterocycles. The third kappa shape index (κ3) is 4.43. The van der Waals surface area contributed by atoms with Crippen molar-refractivity contribution in [2.45, 2.75) is 19.2 Å². The van der Waals surface area contributed by atoms with Gasteiger partial charge in [0.1, 0.15) is 0 Å². The predicted molar refractivity (Wildman–Crippen MR) is 73.5 cm³/mol. The normalized spacial score (nSPS) is 11.6. The molecule has 1 aromatic carbocycles. The van der Waals surface area contributed by atoms with E-state index in [2.05, 4.69) is 15.9 Å². The van der Waals surface area contributed by atoms with Crippen LogP contribution in [-0.4, -0.2) is 30.5 Å². The van der Waals surface area contributed by atoms with Crippen molar-refractivity contribution in [1.82, 2.24) is 0 Å². The molecule has 0 saturated heterocycles. The lowest BCUT2D eigenvalue weighted by Crippen LogP contribution is -2.39. The molecule has 94 valence electrons. The highest BCUT2D eigenvalue weighted by Crippen LogP contribution is 2.14. The fraction of sp³-hybridized carbons (Fsp3) is 0.500. The van der Waals surface area contributed by atoms with E-state index in [1.807, 2.05) is 38.1 Å². The molecule has 0 saturated carbocycles. The third-order valence-corrected chi connectivity index (χ3v) is 3.13. The van der Waals surface area contributed by atoms with Gasteiger partial charge in [-0.25, -0.2) is 0 Å². The molecule has 0 unspecified atom stereocenters. The maximum Gasteiger partial charge on any atom is 0.491 e. The zero-order chi connectivity index (χ0) is 12.9. The molecule has 5 heteroatoms. The van der Waals surface area contributed by atoms with Gasteiger partial charge in [0, 0.05) is 17.4 Å². The van der Waals surface area contributed by atoms with Crippen LogP contribution in [0, 0.1) is 5.41 Å². The van der Waals surface area contributed by atoms with Crippen molar-refractivity contribution in [2.75, 3.05) is 13.2 Å². The number of hydrogen-bond acceptors (Lipinski definition) is 3. The Kier molecular flexibility index (Phi) is 5.66. The standard InChI is InChI=1S/C12H18BBrO3/c1-12(2,8-15)9-17-13(16)11-6-4-3-5-10(11)7-14/h3-6,15-16H,7-9H2,1-2H3. The van der Waals surface area contributed by atoms with Crippen LogP contribution in [-0.2, 0) is 9.98 Å². The highest BCUT2D eigenvalue weighted by molar-refractivity contribution is 9.08. The van der Waals surface area contributed by atoms with Gasteiger partial charge in [0.2, 0.25) is 0 Å². The summed E-state index contributed by atoms with van der Waals surface area (Å²) in [4.78, 5) is 0. The zero-order valence-electron chi connectivity index (χ0n) is 10.2. The van der Waals surface area contributed by atoms with Crippen LogP contribution in [0.3, 0.4) is 0 Å². The molecule has 2 N–H and O–H groups in total. The average molecular weight is 301 g/mol. The average Bonchev–Trinajstić information content (AvgIpc) is 2.36. The third-order valence-electron chi connectivity index (χ3n) is 2.53. The molecule has 0 heterocycles. The van der Waals surface area contributed by atoms with Crippen LogP contribution in [0.4, 0.5) is 0 Å². The summed E-state index contributed by atoms with van der Waals surface area (Å²) in [5, 5.41) is 19.7. The first-order chi connectivity index (χ1) is 8.00. The molecule has 0 aliphatic rings. The van der Waals surface area contributed by atoms with Gasteiger partial charge in [0.25, 0.3) is 0 Å². The maximum absolute atomic E-state index is 9.97. The van der Waals surface area contributed by atoms with E-state index >= 15 is 0 Å². The lowest BCUT2D eigenvalue weighted by molar-refractivity contribution is 0.0886. The molecule has 0 atom stereocenters. The number of aliphatic hydroxyl groups is 1. The fourth-order valence-electron chi connectivity index (χ4n) is 1.34. The Morgan fingerprint density at radius 2 is 2.00 bits per heavy atom. The first kappa shape index (κ1) is 14.7. The van der Waals surface area contributed by atoms with E-state index in [1.54, 1.807) is 0 Å². The van der Waals surface area contributed by atoms with E-state index < -0.39 is 7.12 Å². The number of halogens is 1. The van der Waals surface area contributed by atoms with Crippen molar-refractivity contribution in [3.05, 3.63) is 29.8 Å². The summed E-state index contributed by atoms with van der Waals surface area (Å²) in [5.74, 6) is 0. The minimum atomic E-state index is -0.949.